The molecule has 1 unspecified atom stereocenters. The van der Waals surface area contributed by atoms with E-state index >= 15 is 0 Å². The molecule has 1 amide bonds. The number of aromatic nitrogens is 3. The number of pyridine rings is 1. The molecule has 0 bridgehead atoms. The van der Waals surface area contributed by atoms with Crippen molar-refractivity contribution in [1.29, 1.82) is 5.26 Å². The summed E-state index contributed by atoms with van der Waals surface area (Å²) in [5, 5.41) is 13.8. The molecule has 170 valence electrons. The van der Waals surface area contributed by atoms with Gasteiger partial charge in [0, 0.05) is 29.7 Å². The molecule has 33 heavy (non-hydrogen) atoms. The fourth-order valence-electron chi connectivity index (χ4n) is 3.67. The largest absolute Gasteiger partial charge is 0.480 e. The monoisotopic (exact) mass is 455 g/mol. The Balaban J connectivity index is 1.58. The molecule has 0 fully saturated rings. The zero-order valence-corrected chi connectivity index (χ0v) is 18.1. The van der Waals surface area contributed by atoms with Crippen LogP contribution in [0.3, 0.4) is 0 Å². The van der Waals surface area contributed by atoms with Gasteiger partial charge in [0.15, 0.2) is 6.10 Å². The predicted molar refractivity (Wildman–Crippen MR) is 112 cm³/mol. The Hall–Kier alpha value is -3.87. The van der Waals surface area contributed by atoms with Crippen molar-refractivity contribution in [1.82, 2.24) is 19.7 Å². The number of amides is 1. The third-order valence-electron chi connectivity index (χ3n) is 5.30. The zero-order valence-electron chi connectivity index (χ0n) is 18.1. The number of nitrogens with zero attached hydrogens (tertiary/aromatic N) is 5. The van der Waals surface area contributed by atoms with Gasteiger partial charge in [0.1, 0.15) is 5.75 Å². The first kappa shape index (κ1) is 22.3. The zero-order chi connectivity index (χ0) is 23.9. The number of benzene rings is 1. The molecule has 0 saturated heterocycles. The molecule has 0 radical (unpaired) electrons. The normalized spacial score (nSPS) is 14.0. The second kappa shape index (κ2) is 8.24. The highest BCUT2D eigenvalue weighted by Crippen LogP contribution is 2.31. The topological polar surface area (TPSA) is 84.0 Å². The van der Waals surface area contributed by atoms with Crippen molar-refractivity contribution in [2.24, 2.45) is 0 Å². The van der Waals surface area contributed by atoms with Crippen LogP contribution in [0.4, 0.5) is 13.2 Å². The van der Waals surface area contributed by atoms with Gasteiger partial charge in [-0.3, -0.25) is 9.78 Å². The van der Waals surface area contributed by atoms with E-state index in [1.54, 1.807) is 4.68 Å². The van der Waals surface area contributed by atoms with Crippen LogP contribution in [0.2, 0.25) is 0 Å². The van der Waals surface area contributed by atoms with E-state index in [9.17, 15) is 23.2 Å². The number of halogens is 3. The lowest BCUT2D eigenvalue weighted by atomic mass is 10.1. The average molecular weight is 455 g/mol. The molecular weight excluding hydrogens is 435 g/mol. The summed E-state index contributed by atoms with van der Waals surface area (Å²) in [6, 6.07) is 9.49. The van der Waals surface area contributed by atoms with Crippen LogP contribution in [0.1, 0.15) is 45.5 Å². The number of alkyl halides is 3. The van der Waals surface area contributed by atoms with Crippen molar-refractivity contribution in [2.45, 2.75) is 46.1 Å². The summed E-state index contributed by atoms with van der Waals surface area (Å²) in [7, 11) is 0. The molecule has 0 aliphatic carbocycles. The molecule has 7 nitrogen and oxygen atoms in total. The second-order valence-electron chi connectivity index (χ2n) is 7.94. The number of hydrogen-bond donors (Lipinski definition) is 0. The lowest BCUT2D eigenvalue weighted by molar-refractivity contribution is -0.189. The Bertz CT molecular complexity index is 1230. The number of carbonyl (C=O) groups is 1. The van der Waals surface area contributed by atoms with Gasteiger partial charge < -0.3 is 9.64 Å². The maximum Gasteiger partial charge on any atom is 0.425 e. The molecule has 3 heterocycles. The van der Waals surface area contributed by atoms with Gasteiger partial charge in [-0.2, -0.15) is 23.5 Å². The van der Waals surface area contributed by atoms with Gasteiger partial charge in [0.2, 0.25) is 0 Å². The first-order valence-electron chi connectivity index (χ1n) is 10.1. The van der Waals surface area contributed by atoms with Crippen LogP contribution >= 0.6 is 0 Å². The lowest BCUT2D eigenvalue weighted by Crippen LogP contribution is -2.32. The van der Waals surface area contributed by atoms with E-state index in [4.69, 9.17) is 4.74 Å². The highest BCUT2D eigenvalue weighted by atomic mass is 19.4. The van der Waals surface area contributed by atoms with Crippen molar-refractivity contribution in [2.75, 3.05) is 0 Å². The van der Waals surface area contributed by atoms with Crippen LogP contribution in [-0.2, 0) is 13.1 Å². The maximum atomic E-state index is 13.2. The first-order chi connectivity index (χ1) is 15.5. The molecular formula is C23H20F3N5O2. The SMILES string of the molecule is Cc1cc(-n2cc3c(n2)CN(C(=O)c2cc(C#N)ccc2OC(C)C(F)(F)F)C3)cc(C)n1. The maximum absolute atomic E-state index is 13.2. The summed E-state index contributed by atoms with van der Waals surface area (Å²) in [5.74, 6) is -0.752. The van der Waals surface area contributed by atoms with E-state index in [0.29, 0.717) is 5.69 Å². The third-order valence-corrected chi connectivity index (χ3v) is 5.30. The molecule has 3 aromatic rings. The standard InChI is InChI=1S/C23H20F3N5O2/c1-13-6-18(7-14(2)28-13)31-11-17-10-30(12-20(17)29-31)22(32)19-8-16(9-27)4-5-21(19)33-15(3)23(24,25)26/h4-8,11,15H,10,12H2,1-3H3. The van der Waals surface area contributed by atoms with Crippen molar-refractivity contribution in [3.63, 3.8) is 0 Å². The summed E-state index contributed by atoms with van der Waals surface area (Å²) in [6.45, 7) is 5.08. The number of hydrogen-bond acceptors (Lipinski definition) is 5. The van der Waals surface area contributed by atoms with E-state index in [0.717, 1.165) is 29.6 Å². The van der Waals surface area contributed by atoms with Crippen molar-refractivity contribution >= 4 is 5.91 Å². The van der Waals surface area contributed by atoms with Crippen LogP contribution in [0.15, 0.2) is 36.5 Å². The Morgan fingerprint density at radius 2 is 1.88 bits per heavy atom. The fraction of sp³-hybridized carbons (Fsp3) is 0.304. The van der Waals surface area contributed by atoms with Gasteiger partial charge in [-0.05, 0) is 51.1 Å². The van der Waals surface area contributed by atoms with Crippen LogP contribution in [0, 0.1) is 25.2 Å². The van der Waals surface area contributed by atoms with E-state index in [-0.39, 0.29) is 30.0 Å². The number of aryl methyl sites for hydroxylation is 2. The number of rotatable bonds is 4. The quantitative estimate of drug-likeness (QED) is 0.588. The Morgan fingerprint density at radius 1 is 1.18 bits per heavy atom. The molecule has 0 saturated carbocycles. The number of ether oxygens (including phenoxy) is 1. The summed E-state index contributed by atoms with van der Waals surface area (Å²) in [5.41, 5.74) is 4.15. The first-order valence-corrected chi connectivity index (χ1v) is 10.1. The highest BCUT2D eigenvalue weighted by molar-refractivity contribution is 5.97. The van der Waals surface area contributed by atoms with Crippen molar-refractivity contribution < 1.29 is 22.7 Å². The fourth-order valence-corrected chi connectivity index (χ4v) is 3.67. The van der Waals surface area contributed by atoms with E-state index < -0.39 is 18.2 Å². The minimum Gasteiger partial charge on any atom is -0.480 e. The average Bonchev–Trinajstić information content (AvgIpc) is 3.31. The Labute approximate surface area is 188 Å². The molecule has 1 aliphatic rings. The molecule has 1 aliphatic heterocycles. The lowest BCUT2D eigenvalue weighted by Gasteiger charge is -2.22. The van der Waals surface area contributed by atoms with Gasteiger partial charge >= 0.3 is 6.18 Å². The van der Waals surface area contributed by atoms with E-state index in [2.05, 4.69) is 10.1 Å². The number of carbonyl (C=O) groups excluding carboxylic acids is 1. The Morgan fingerprint density at radius 3 is 2.48 bits per heavy atom. The summed E-state index contributed by atoms with van der Waals surface area (Å²) >= 11 is 0. The molecule has 0 N–H and O–H groups in total. The van der Waals surface area contributed by atoms with Crippen LogP contribution in [0.5, 0.6) is 5.75 Å². The van der Waals surface area contributed by atoms with E-state index in [1.807, 2.05) is 38.2 Å². The van der Waals surface area contributed by atoms with Gasteiger partial charge in [0.05, 0.1) is 35.1 Å². The highest BCUT2D eigenvalue weighted by Gasteiger charge is 2.39. The summed E-state index contributed by atoms with van der Waals surface area (Å²) in [4.78, 5) is 19.0. The number of fused-ring (bicyclic) bond motifs is 1. The molecule has 4 rings (SSSR count). The minimum absolute atomic E-state index is 0.0939. The Kier molecular flexibility index (Phi) is 5.57. The van der Waals surface area contributed by atoms with Crippen molar-refractivity contribution in [3.05, 3.63) is 70.3 Å². The molecule has 1 atom stereocenters. The predicted octanol–water partition coefficient (Wildman–Crippen LogP) is 4.24. The molecule has 10 heteroatoms. The number of nitriles is 1. The van der Waals surface area contributed by atoms with Crippen LogP contribution in [0.25, 0.3) is 5.69 Å². The molecule has 2 aromatic heterocycles. The van der Waals surface area contributed by atoms with Crippen LogP contribution in [-0.4, -0.2) is 37.9 Å². The third kappa shape index (κ3) is 4.53. The molecule has 1 aromatic carbocycles. The smallest absolute Gasteiger partial charge is 0.425 e. The van der Waals surface area contributed by atoms with Gasteiger partial charge in [-0.1, -0.05) is 0 Å². The second-order valence-corrected chi connectivity index (χ2v) is 7.94. The van der Waals surface area contributed by atoms with Crippen LogP contribution < -0.4 is 4.74 Å². The summed E-state index contributed by atoms with van der Waals surface area (Å²) in [6.07, 6.45) is -4.88. The van der Waals surface area contributed by atoms with Crippen molar-refractivity contribution in [3.8, 4) is 17.5 Å². The van der Waals surface area contributed by atoms with Gasteiger partial charge in [-0.25, -0.2) is 4.68 Å². The minimum atomic E-state index is -4.59. The summed E-state index contributed by atoms with van der Waals surface area (Å²) < 4.78 is 45.7. The van der Waals surface area contributed by atoms with Gasteiger partial charge in [0.25, 0.3) is 5.91 Å². The molecule has 0 spiro atoms. The van der Waals surface area contributed by atoms with Gasteiger partial charge in [-0.15, -0.1) is 0 Å². The van der Waals surface area contributed by atoms with E-state index in [1.165, 1.54) is 23.1 Å².